The van der Waals surface area contributed by atoms with Crippen LogP contribution < -0.4 is 0 Å². The molecule has 1 aliphatic heterocycles. The number of nitrogens with zero attached hydrogens (tertiary/aromatic N) is 3. The molecular formula is C21H23N3O3S. The van der Waals surface area contributed by atoms with Crippen LogP contribution in [0.3, 0.4) is 0 Å². The Morgan fingerprint density at radius 2 is 1.54 bits per heavy atom. The van der Waals surface area contributed by atoms with Gasteiger partial charge >= 0.3 is 0 Å². The summed E-state index contributed by atoms with van der Waals surface area (Å²) in [5.41, 5.74) is 2.63. The number of hydrogen-bond donors (Lipinski definition) is 0. The van der Waals surface area contributed by atoms with Gasteiger partial charge in [0.15, 0.2) is 0 Å². The van der Waals surface area contributed by atoms with Gasteiger partial charge in [0.25, 0.3) is 0 Å². The molecule has 0 atom stereocenters. The molecule has 0 bridgehead atoms. The summed E-state index contributed by atoms with van der Waals surface area (Å²) in [6.07, 6.45) is 1.68. The SMILES string of the molecule is O=S(=O)(Cc1ccccc1)N1CCN(Cc2coc(-c3ccccc3)n2)CC1. The Kier molecular flexibility index (Phi) is 5.57. The van der Waals surface area contributed by atoms with Crippen LogP contribution >= 0.6 is 0 Å². The van der Waals surface area contributed by atoms with Crippen molar-refractivity contribution in [3.63, 3.8) is 0 Å². The molecule has 4 rings (SSSR count). The number of piperazine rings is 1. The van der Waals surface area contributed by atoms with Gasteiger partial charge in [0.05, 0.1) is 11.4 Å². The highest BCUT2D eigenvalue weighted by atomic mass is 32.2. The van der Waals surface area contributed by atoms with Gasteiger partial charge < -0.3 is 4.42 Å². The van der Waals surface area contributed by atoms with E-state index in [0.29, 0.717) is 38.6 Å². The third-order valence-corrected chi connectivity index (χ3v) is 6.72. The molecule has 0 amide bonds. The highest BCUT2D eigenvalue weighted by molar-refractivity contribution is 7.88. The first-order chi connectivity index (χ1) is 13.6. The van der Waals surface area contributed by atoms with E-state index < -0.39 is 10.0 Å². The predicted molar refractivity (Wildman–Crippen MR) is 108 cm³/mol. The van der Waals surface area contributed by atoms with Gasteiger partial charge in [0, 0.05) is 38.3 Å². The first-order valence-corrected chi connectivity index (χ1v) is 10.9. The third kappa shape index (κ3) is 4.49. The molecule has 0 saturated carbocycles. The maximum absolute atomic E-state index is 12.7. The van der Waals surface area contributed by atoms with Gasteiger partial charge in [-0.2, -0.15) is 4.31 Å². The summed E-state index contributed by atoms with van der Waals surface area (Å²) in [6.45, 7) is 3.02. The molecular weight excluding hydrogens is 374 g/mol. The van der Waals surface area contributed by atoms with E-state index in [1.165, 1.54) is 0 Å². The zero-order chi connectivity index (χ0) is 19.4. The number of sulfonamides is 1. The standard InChI is InChI=1S/C21H23N3O3S/c25-28(26,17-18-7-3-1-4-8-18)24-13-11-23(12-14-24)15-20-16-27-21(22-20)19-9-5-2-6-10-19/h1-10,16H,11-15,17H2. The van der Waals surface area contributed by atoms with Crippen molar-refractivity contribution in [3.8, 4) is 11.5 Å². The largest absolute Gasteiger partial charge is 0.444 e. The Morgan fingerprint density at radius 3 is 2.21 bits per heavy atom. The average molecular weight is 398 g/mol. The smallest absolute Gasteiger partial charge is 0.226 e. The van der Waals surface area contributed by atoms with Crippen LogP contribution in [0.15, 0.2) is 71.3 Å². The number of aromatic nitrogens is 1. The van der Waals surface area contributed by atoms with E-state index in [1.807, 2.05) is 60.7 Å². The Morgan fingerprint density at radius 1 is 0.893 bits per heavy atom. The molecule has 1 saturated heterocycles. The van der Waals surface area contributed by atoms with E-state index in [2.05, 4.69) is 9.88 Å². The normalized spacial score (nSPS) is 16.3. The van der Waals surface area contributed by atoms with Crippen LogP contribution in [0.4, 0.5) is 0 Å². The summed E-state index contributed by atoms with van der Waals surface area (Å²) in [5.74, 6) is 0.664. The molecule has 0 N–H and O–H groups in total. The van der Waals surface area contributed by atoms with Gasteiger partial charge in [0.2, 0.25) is 15.9 Å². The van der Waals surface area contributed by atoms with Crippen molar-refractivity contribution < 1.29 is 12.8 Å². The first-order valence-electron chi connectivity index (χ1n) is 9.34. The molecule has 0 aliphatic carbocycles. The Hall–Kier alpha value is -2.48. The Labute approximate surface area is 165 Å². The Bertz CT molecular complexity index is 996. The number of oxazole rings is 1. The number of rotatable bonds is 6. The molecule has 1 fully saturated rings. The summed E-state index contributed by atoms with van der Waals surface area (Å²) in [6, 6.07) is 19.1. The molecule has 2 heterocycles. The lowest BCUT2D eigenvalue weighted by molar-refractivity contribution is 0.180. The van der Waals surface area contributed by atoms with Gasteiger partial charge in [-0.3, -0.25) is 4.90 Å². The van der Waals surface area contributed by atoms with Crippen molar-refractivity contribution in [2.75, 3.05) is 26.2 Å². The monoisotopic (exact) mass is 397 g/mol. The second kappa shape index (κ2) is 8.26. The molecule has 2 aromatic carbocycles. The van der Waals surface area contributed by atoms with E-state index in [-0.39, 0.29) is 5.75 Å². The lowest BCUT2D eigenvalue weighted by Crippen LogP contribution is -2.48. The molecule has 0 unspecified atom stereocenters. The molecule has 0 radical (unpaired) electrons. The van der Waals surface area contributed by atoms with Gasteiger partial charge in [-0.25, -0.2) is 13.4 Å². The van der Waals surface area contributed by atoms with Gasteiger partial charge in [-0.15, -0.1) is 0 Å². The van der Waals surface area contributed by atoms with Crippen LogP contribution in [0, 0.1) is 0 Å². The lowest BCUT2D eigenvalue weighted by Gasteiger charge is -2.33. The fourth-order valence-electron chi connectivity index (χ4n) is 3.36. The molecule has 0 spiro atoms. The summed E-state index contributed by atoms with van der Waals surface area (Å²) < 4.78 is 32.5. The van der Waals surface area contributed by atoms with E-state index in [9.17, 15) is 8.42 Å². The predicted octanol–water partition coefficient (Wildman–Crippen LogP) is 2.99. The second-order valence-corrected chi connectivity index (χ2v) is 8.90. The zero-order valence-electron chi connectivity index (χ0n) is 15.6. The lowest BCUT2D eigenvalue weighted by atomic mass is 10.2. The van der Waals surface area contributed by atoms with Crippen LogP contribution in [-0.4, -0.2) is 48.8 Å². The second-order valence-electron chi connectivity index (χ2n) is 6.93. The quantitative estimate of drug-likeness (QED) is 0.640. The summed E-state index contributed by atoms with van der Waals surface area (Å²) in [4.78, 5) is 6.77. The summed E-state index contributed by atoms with van der Waals surface area (Å²) >= 11 is 0. The van der Waals surface area contributed by atoms with Crippen LogP contribution in [0.1, 0.15) is 11.3 Å². The molecule has 3 aromatic rings. The minimum Gasteiger partial charge on any atom is -0.444 e. The van der Waals surface area contributed by atoms with Crippen molar-refractivity contribution in [1.82, 2.24) is 14.2 Å². The third-order valence-electron chi connectivity index (χ3n) is 4.87. The number of hydrogen-bond acceptors (Lipinski definition) is 5. The van der Waals surface area contributed by atoms with Crippen LogP contribution in [-0.2, 0) is 22.3 Å². The zero-order valence-corrected chi connectivity index (χ0v) is 16.4. The van der Waals surface area contributed by atoms with Crippen LogP contribution in [0.2, 0.25) is 0 Å². The minimum atomic E-state index is -3.29. The molecule has 28 heavy (non-hydrogen) atoms. The molecule has 1 aliphatic rings. The first kappa shape index (κ1) is 18.9. The average Bonchev–Trinajstić information content (AvgIpc) is 3.18. The van der Waals surface area contributed by atoms with E-state index >= 15 is 0 Å². The maximum atomic E-state index is 12.7. The van der Waals surface area contributed by atoms with E-state index in [0.717, 1.165) is 16.8 Å². The van der Waals surface area contributed by atoms with Crippen LogP contribution in [0.25, 0.3) is 11.5 Å². The van der Waals surface area contributed by atoms with Crippen molar-refractivity contribution in [1.29, 1.82) is 0 Å². The summed E-state index contributed by atoms with van der Waals surface area (Å²) in [7, 11) is -3.29. The van der Waals surface area contributed by atoms with Gasteiger partial charge in [0.1, 0.15) is 6.26 Å². The maximum Gasteiger partial charge on any atom is 0.226 e. The molecule has 7 heteroatoms. The Balaban J connectivity index is 1.33. The fourth-order valence-corrected chi connectivity index (χ4v) is 4.88. The van der Waals surface area contributed by atoms with Crippen molar-refractivity contribution in [2.45, 2.75) is 12.3 Å². The fraction of sp³-hybridized carbons (Fsp3) is 0.286. The van der Waals surface area contributed by atoms with Crippen molar-refractivity contribution >= 4 is 10.0 Å². The van der Waals surface area contributed by atoms with Gasteiger partial charge in [-0.1, -0.05) is 48.5 Å². The molecule has 6 nitrogen and oxygen atoms in total. The number of benzene rings is 2. The topological polar surface area (TPSA) is 66.7 Å². The van der Waals surface area contributed by atoms with Crippen LogP contribution in [0.5, 0.6) is 0 Å². The molecule has 146 valence electrons. The molecule has 1 aromatic heterocycles. The highest BCUT2D eigenvalue weighted by Gasteiger charge is 2.27. The van der Waals surface area contributed by atoms with E-state index in [1.54, 1.807) is 10.6 Å². The van der Waals surface area contributed by atoms with Crippen molar-refractivity contribution in [3.05, 3.63) is 78.2 Å². The summed E-state index contributed by atoms with van der Waals surface area (Å²) in [5, 5.41) is 0. The highest BCUT2D eigenvalue weighted by Crippen LogP contribution is 2.20. The van der Waals surface area contributed by atoms with Crippen molar-refractivity contribution in [2.24, 2.45) is 0 Å². The minimum absolute atomic E-state index is 0.0531. The van der Waals surface area contributed by atoms with E-state index in [4.69, 9.17) is 4.42 Å². The van der Waals surface area contributed by atoms with Gasteiger partial charge in [-0.05, 0) is 17.7 Å².